The number of rotatable bonds is 1. The van der Waals surface area contributed by atoms with Gasteiger partial charge in [0.1, 0.15) is 5.82 Å². The molecule has 2 heterocycles. The van der Waals surface area contributed by atoms with Crippen molar-refractivity contribution < 1.29 is 14.7 Å². The maximum absolute atomic E-state index is 11.3. The largest absolute Gasteiger partial charge is 0.481 e. The maximum atomic E-state index is 11.3. The van der Waals surface area contributed by atoms with Gasteiger partial charge in [-0.15, -0.1) is 0 Å². The van der Waals surface area contributed by atoms with Crippen molar-refractivity contribution in [2.75, 3.05) is 6.54 Å². The highest BCUT2D eigenvalue weighted by Gasteiger charge is 2.28. The standard InChI is InChI=1S/C10H13N3O3/c1-7(14)13-5-8(10(15)16)4-12-3-2-11-9(12)6-13/h2-3,8H,4-6H2,1H3,(H,15,16). The predicted octanol–water partition coefficient (Wildman–Crippen LogP) is -0.0540. The van der Waals surface area contributed by atoms with E-state index in [4.69, 9.17) is 5.11 Å². The van der Waals surface area contributed by atoms with Gasteiger partial charge in [0.25, 0.3) is 0 Å². The molecule has 1 N–H and O–H groups in total. The van der Waals surface area contributed by atoms with Crippen molar-refractivity contribution in [2.45, 2.75) is 20.0 Å². The van der Waals surface area contributed by atoms with Gasteiger partial charge in [-0.05, 0) is 0 Å². The van der Waals surface area contributed by atoms with E-state index in [2.05, 4.69) is 4.98 Å². The summed E-state index contributed by atoms with van der Waals surface area (Å²) in [7, 11) is 0. The van der Waals surface area contributed by atoms with Gasteiger partial charge < -0.3 is 14.6 Å². The van der Waals surface area contributed by atoms with Gasteiger partial charge >= 0.3 is 5.97 Å². The minimum Gasteiger partial charge on any atom is -0.481 e. The third kappa shape index (κ3) is 1.91. The molecule has 1 aliphatic heterocycles. The molecule has 6 nitrogen and oxygen atoms in total. The van der Waals surface area contributed by atoms with E-state index in [1.807, 2.05) is 0 Å². The van der Waals surface area contributed by atoms with Crippen LogP contribution >= 0.6 is 0 Å². The van der Waals surface area contributed by atoms with E-state index in [0.717, 1.165) is 5.82 Å². The van der Waals surface area contributed by atoms with Gasteiger partial charge in [-0.3, -0.25) is 9.59 Å². The van der Waals surface area contributed by atoms with Gasteiger partial charge in [0, 0.05) is 32.4 Å². The Morgan fingerprint density at radius 2 is 2.25 bits per heavy atom. The van der Waals surface area contributed by atoms with E-state index in [0.29, 0.717) is 13.1 Å². The molecule has 2 rings (SSSR count). The summed E-state index contributed by atoms with van der Waals surface area (Å²) < 4.78 is 1.79. The molecular formula is C10H13N3O3. The highest BCUT2D eigenvalue weighted by molar-refractivity contribution is 5.75. The second-order valence-corrected chi connectivity index (χ2v) is 3.93. The summed E-state index contributed by atoms with van der Waals surface area (Å²) >= 11 is 0. The van der Waals surface area contributed by atoms with Crippen LogP contribution in [0.1, 0.15) is 12.7 Å². The summed E-state index contributed by atoms with van der Waals surface area (Å²) in [5.74, 6) is -0.839. The summed E-state index contributed by atoms with van der Waals surface area (Å²) in [6.45, 7) is 2.44. The number of fused-ring (bicyclic) bond motifs is 1. The van der Waals surface area contributed by atoms with Crippen LogP contribution in [-0.2, 0) is 22.7 Å². The first-order valence-electron chi connectivity index (χ1n) is 5.06. The molecule has 1 unspecified atom stereocenters. The number of carboxylic acids is 1. The number of hydrogen-bond acceptors (Lipinski definition) is 3. The fraction of sp³-hybridized carbons (Fsp3) is 0.500. The lowest BCUT2D eigenvalue weighted by Gasteiger charge is -2.19. The zero-order valence-corrected chi connectivity index (χ0v) is 8.96. The average molecular weight is 223 g/mol. The summed E-state index contributed by atoms with van der Waals surface area (Å²) in [5, 5.41) is 9.05. The number of nitrogens with zero attached hydrogens (tertiary/aromatic N) is 3. The Kier molecular flexibility index (Phi) is 2.64. The van der Waals surface area contributed by atoms with Crippen LogP contribution in [0.3, 0.4) is 0 Å². The van der Waals surface area contributed by atoms with E-state index < -0.39 is 11.9 Å². The molecule has 0 bridgehead atoms. The molecule has 1 amide bonds. The van der Waals surface area contributed by atoms with Crippen molar-refractivity contribution in [1.82, 2.24) is 14.5 Å². The van der Waals surface area contributed by atoms with Gasteiger partial charge in [0.2, 0.25) is 5.91 Å². The summed E-state index contributed by atoms with van der Waals surface area (Å²) in [6.07, 6.45) is 3.37. The number of imidazole rings is 1. The second kappa shape index (κ2) is 3.96. The Bertz CT molecular complexity index is 390. The van der Waals surface area contributed by atoms with E-state index in [-0.39, 0.29) is 12.5 Å². The molecule has 0 spiro atoms. The molecule has 0 aliphatic carbocycles. The van der Waals surface area contributed by atoms with Crippen LogP contribution < -0.4 is 0 Å². The molecular weight excluding hydrogens is 210 g/mol. The van der Waals surface area contributed by atoms with Crippen molar-refractivity contribution in [3.63, 3.8) is 0 Å². The summed E-state index contributed by atoms with van der Waals surface area (Å²) in [5.41, 5.74) is 0. The topological polar surface area (TPSA) is 75.4 Å². The highest BCUT2D eigenvalue weighted by Crippen LogP contribution is 2.15. The minimum atomic E-state index is -0.882. The first kappa shape index (κ1) is 10.7. The quantitative estimate of drug-likeness (QED) is 0.724. The Hall–Kier alpha value is -1.85. The molecule has 1 aromatic rings. The lowest BCUT2D eigenvalue weighted by atomic mass is 10.1. The molecule has 0 radical (unpaired) electrons. The van der Waals surface area contributed by atoms with Crippen molar-refractivity contribution in [2.24, 2.45) is 5.92 Å². The molecule has 0 saturated carbocycles. The zero-order valence-electron chi connectivity index (χ0n) is 8.96. The fourth-order valence-corrected chi connectivity index (χ4v) is 1.85. The second-order valence-electron chi connectivity index (χ2n) is 3.93. The van der Waals surface area contributed by atoms with Gasteiger partial charge in [-0.2, -0.15) is 0 Å². The summed E-state index contributed by atoms with van der Waals surface area (Å²) in [4.78, 5) is 28.0. The van der Waals surface area contributed by atoms with Crippen LogP contribution in [-0.4, -0.2) is 38.0 Å². The third-order valence-corrected chi connectivity index (χ3v) is 2.79. The summed E-state index contributed by atoms with van der Waals surface area (Å²) in [6, 6.07) is 0. The van der Waals surface area contributed by atoms with E-state index >= 15 is 0 Å². The molecule has 0 fully saturated rings. The average Bonchev–Trinajstić information content (AvgIpc) is 2.55. The molecule has 1 atom stereocenters. The van der Waals surface area contributed by atoms with E-state index in [9.17, 15) is 9.59 Å². The number of carboxylic acid groups (broad SMARTS) is 1. The van der Waals surface area contributed by atoms with Crippen molar-refractivity contribution in [3.05, 3.63) is 18.2 Å². The first-order chi connectivity index (χ1) is 7.58. The van der Waals surface area contributed by atoms with Crippen molar-refractivity contribution >= 4 is 11.9 Å². The molecule has 6 heteroatoms. The van der Waals surface area contributed by atoms with Crippen LogP contribution in [0.25, 0.3) is 0 Å². The smallest absolute Gasteiger partial charge is 0.310 e. The molecule has 1 aromatic heterocycles. The van der Waals surface area contributed by atoms with Gasteiger partial charge in [0.15, 0.2) is 0 Å². The first-order valence-corrected chi connectivity index (χ1v) is 5.06. The predicted molar refractivity (Wildman–Crippen MR) is 54.4 cm³/mol. The Labute approximate surface area is 92.5 Å². The van der Waals surface area contributed by atoms with Crippen LogP contribution in [0.2, 0.25) is 0 Å². The van der Waals surface area contributed by atoms with Gasteiger partial charge in [-0.1, -0.05) is 0 Å². The Balaban J connectivity index is 2.30. The molecule has 1 aliphatic rings. The maximum Gasteiger partial charge on any atom is 0.310 e. The van der Waals surface area contributed by atoms with Crippen LogP contribution in [0, 0.1) is 5.92 Å². The SMILES string of the molecule is CC(=O)N1Cc2nccn2CC(C(=O)O)C1. The zero-order chi connectivity index (χ0) is 11.7. The van der Waals surface area contributed by atoms with Crippen LogP contribution in [0.4, 0.5) is 0 Å². The minimum absolute atomic E-state index is 0.122. The number of hydrogen-bond donors (Lipinski definition) is 1. The number of aromatic nitrogens is 2. The number of carbonyl (C=O) groups is 2. The molecule has 16 heavy (non-hydrogen) atoms. The third-order valence-electron chi connectivity index (χ3n) is 2.79. The Morgan fingerprint density at radius 3 is 2.88 bits per heavy atom. The fourth-order valence-electron chi connectivity index (χ4n) is 1.85. The van der Waals surface area contributed by atoms with Gasteiger partial charge in [0.05, 0.1) is 12.5 Å². The van der Waals surface area contributed by atoms with Crippen molar-refractivity contribution in [1.29, 1.82) is 0 Å². The number of aliphatic carboxylic acids is 1. The van der Waals surface area contributed by atoms with Gasteiger partial charge in [-0.25, -0.2) is 4.98 Å². The van der Waals surface area contributed by atoms with Crippen LogP contribution in [0.15, 0.2) is 12.4 Å². The number of carbonyl (C=O) groups excluding carboxylic acids is 1. The normalized spacial score (nSPS) is 20.1. The molecule has 86 valence electrons. The number of amides is 1. The van der Waals surface area contributed by atoms with E-state index in [1.54, 1.807) is 17.0 Å². The molecule has 0 aromatic carbocycles. The monoisotopic (exact) mass is 223 g/mol. The van der Waals surface area contributed by atoms with Crippen molar-refractivity contribution in [3.8, 4) is 0 Å². The van der Waals surface area contributed by atoms with E-state index in [1.165, 1.54) is 11.8 Å². The van der Waals surface area contributed by atoms with Crippen LogP contribution in [0.5, 0.6) is 0 Å². The highest BCUT2D eigenvalue weighted by atomic mass is 16.4. The molecule has 0 saturated heterocycles. The Morgan fingerprint density at radius 1 is 1.50 bits per heavy atom. The lowest BCUT2D eigenvalue weighted by molar-refractivity contribution is -0.143. The lowest BCUT2D eigenvalue weighted by Crippen LogP contribution is -2.35.